The summed E-state index contributed by atoms with van der Waals surface area (Å²) in [5.41, 5.74) is 1.43. The molecule has 0 aliphatic heterocycles. The number of aromatic nitrogens is 2. The van der Waals surface area contributed by atoms with Crippen molar-refractivity contribution in [1.82, 2.24) is 14.1 Å². The van der Waals surface area contributed by atoms with Gasteiger partial charge in [0.15, 0.2) is 9.84 Å². The van der Waals surface area contributed by atoms with E-state index in [-0.39, 0.29) is 22.8 Å². The van der Waals surface area contributed by atoms with Gasteiger partial charge in [0.05, 0.1) is 16.6 Å². The van der Waals surface area contributed by atoms with Crippen LogP contribution in [-0.2, 0) is 21.2 Å². The van der Waals surface area contributed by atoms with Crippen molar-refractivity contribution in [1.29, 1.82) is 0 Å². The Morgan fingerprint density at radius 2 is 1.88 bits per heavy atom. The van der Waals surface area contributed by atoms with Crippen LogP contribution in [0, 0.1) is 5.82 Å². The Labute approximate surface area is 141 Å². The van der Waals surface area contributed by atoms with Gasteiger partial charge in [0, 0.05) is 6.54 Å². The van der Waals surface area contributed by atoms with Crippen LogP contribution in [0.5, 0.6) is 0 Å². The fourth-order valence-corrected chi connectivity index (χ4v) is 4.08. The molecule has 0 aliphatic rings. The van der Waals surface area contributed by atoms with Gasteiger partial charge in [-0.3, -0.25) is 4.79 Å². The Morgan fingerprint density at radius 1 is 1.12 bits per heavy atom. The molecule has 0 radical (unpaired) electrons. The second-order valence-corrected chi connectivity index (χ2v) is 7.54. The number of carbonyl (C=O) groups is 1. The van der Waals surface area contributed by atoms with Gasteiger partial charge in [-0.15, -0.1) is 0 Å². The van der Waals surface area contributed by atoms with E-state index >= 15 is 0 Å². The molecule has 0 spiro atoms. The molecule has 1 heterocycles. The van der Waals surface area contributed by atoms with Crippen LogP contribution in [0.3, 0.4) is 0 Å². The van der Waals surface area contributed by atoms with Crippen molar-refractivity contribution in [3.05, 3.63) is 53.8 Å². The van der Waals surface area contributed by atoms with Gasteiger partial charge >= 0.3 is 0 Å². The van der Waals surface area contributed by atoms with Crippen molar-refractivity contribution in [2.75, 3.05) is 5.75 Å². The van der Waals surface area contributed by atoms with Crippen molar-refractivity contribution < 1.29 is 17.6 Å². The monoisotopic (exact) mass is 365 g/mol. The zero-order chi connectivity index (χ0) is 17.2. The molecule has 6 nitrogen and oxygen atoms in total. The van der Waals surface area contributed by atoms with Crippen LogP contribution >= 0.6 is 11.7 Å². The number of fused-ring (bicyclic) bond motifs is 1. The Morgan fingerprint density at radius 3 is 2.62 bits per heavy atom. The fourth-order valence-electron chi connectivity index (χ4n) is 2.14. The lowest BCUT2D eigenvalue weighted by molar-refractivity contribution is -0.118. The molecule has 0 fully saturated rings. The summed E-state index contributed by atoms with van der Waals surface area (Å²) in [6, 6.07) is 10.2. The normalized spacial score (nSPS) is 11.5. The lowest BCUT2D eigenvalue weighted by Gasteiger charge is -2.07. The molecular formula is C15H12FN3O3S2. The number of benzene rings is 2. The maximum absolute atomic E-state index is 12.8. The largest absolute Gasteiger partial charge is 0.351 e. The number of carbonyl (C=O) groups excluding carboxylic acids is 1. The zero-order valence-electron chi connectivity index (χ0n) is 12.3. The van der Waals surface area contributed by atoms with Gasteiger partial charge < -0.3 is 5.32 Å². The molecule has 0 bridgehead atoms. The molecule has 0 saturated heterocycles. The number of sulfone groups is 1. The fraction of sp³-hybridized carbons (Fsp3) is 0.133. The SMILES string of the molecule is O=C(CS(=O)(=O)c1cccc2nsnc12)NCc1ccc(F)cc1. The van der Waals surface area contributed by atoms with E-state index in [9.17, 15) is 17.6 Å². The maximum atomic E-state index is 12.8. The Bertz CT molecular complexity index is 985. The minimum Gasteiger partial charge on any atom is -0.351 e. The molecule has 0 saturated carbocycles. The highest BCUT2D eigenvalue weighted by Gasteiger charge is 2.23. The van der Waals surface area contributed by atoms with Gasteiger partial charge in [0.2, 0.25) is 5.91 Å². The van der Waals surface area contributed by atoms with Gasteiger partial charge in [-0.1, -0.05) is 18.2 Å². The molecule has 1 amide bonds. The number of hydrogen-bond donors (Lipinski definition) is 1. The molecule has 124 valence electrons. The van der Waals surface area contributed by atoms with E-state index in [1.165, 1.54) is 30.3 Å². The Hall–Kier alpha value is -2.39. The first-order valence-corrected chi connectivity index (χ1v) is 9.29. The summed E-state index contributed by atoms with van der Waals surface area (Å²) < 4.78 is 45.7. The first-order valence-electron chi connectivity index (χ1n) is 6.91. The summed E-state index contributed by atoms with van der Waals surface area (Å²) in [6.07, 6.45) is 0. The number of hydrogen-bond acceptors (Lipinski definition) is 6. The molecule has 0 atom stereocenters. The average Bonchev–Trinajstić information content (AvgIpc) is 3.02. The first-order chi connectivity index (χ1) is 11.5. The average molecular weight is 365 g/mol. The lowest BCUT2D eigenvalue weighted by atomic mass is 10.2. The summed E-state index contributed by atoms with van der Waals surface area (Å²) in [6.45, 7) is 0.122. The smallest absolute Gasteiger partial charge is 0.235 e. The number of nitrogens with one attached hydrogen (secondary N) is 1. The minimum absolute atomic E-state index is 0.00863. The molecular weight excluding hydrogens is 353 g/mol. The van der Waals surface area contributed by atoms with Crippen LogP contribution in [0.4, 0.5) is 4.39 Å². The summed E-state index contributed by atoms with van der Waals surface area (Å²) in [5.74, 6) is -1.71. The third-order valence-electron chi connectivity index (χ3n) is 3.31. The number of halogens is 1. The van der Waals surface area contributed by atoms with Crippen molar-refractivity contribution in [3.8, 4) is 0 Å². The molecule has 0 unspecified atom stereocenters. The Kier molecular flexibility index (Phi) is 4.54. The molecule has 1 N–H and O–H groups in total. The van der Waals surface area contributed by atoms with Gasteiger partial charge in [0.1, 0.15) is 22.6 Å². The van der Waals surface area contributed by atoms with E-state index in [0.29, 0.717) is 11.1 Å². The summed E-state index contributed by atoms with van der Waals surface area (Å²) in [7, 11) is -3.83. The third kappa shape index (κ3) is 3.57. The van der Waals surface area contributed by atoms with E-state index in [0.717, 1.165) is 11.7 Å². The Balaban J connectivity index is 1.71. The van der Waals surface area contributed by atoms with Gasteiger partial charge in [-0.2, -0.15) is 8.75 Å². The van der Waals surface area contributed by atoms with Gasteiger partial charge in [0.25, 0.3) is 0 Å². The highest BCUT2D eigenvalue weighted by Crippen LogP contribution is 2.22. The van der Waals surface area contributed by atoms with Crippen LogP contribution in [0.15, 0.2) is 47.4 Å². The van der Waals surface area contributed by atoms with Gasteiger partial charge in [-0.05, 0) is 29.8 Å². The quantitative estimate of drug-likeness (QED) is 0.746. The highest BCUT2D eigenvalue weighted by atomic mass is 32.2. The molecule has 3 aromatic rings. The van der Waals surface area contributed by atoms with Crippen LogP contribution in [0.1, 0.15) is 5.56 Å². The molecule has 2 aromatic carbocycles. The predicted molar refractivity (Wildman–Crippen MR) is 87.7 cm³/mol. The van der Waals surface area contributed by atoms with Crippen molar-refractivity contribution >= 4 is 38.5 Å². The van der Waals surface area contributed by atoms with E-state index in [1.54, 1.807) is 12.1 Å². The number of rotatable bonds is 5. The summed E-state index contributed by atoms with van der Waals surface area (Å²) in [4.78, 5) is 11.9. The van der Waals surface area contributed by atoms with E-state index in [1.807, 2.05) is 0 Å². The molecule has 9 heteroatoms. The van der Waals surface area contributed by atoms with Crippen LogP contribution in [-0.4, -0.2) is 28.8 Å². The first kappa shape index (κ1) is 16.5. The van der Waals surface area contributed by atoms with Crippen LogP contribution < -0.4 is 5.32 Å². The third-order valence-corrected chi connectivity index (χ3v) is 5.49. The second kappa shape index (κ2) is 6.62. The van der Waals surface area contributed by atoms with E-state index < -0.39 is 21.5 Å². The summed E-state index contributed by atoms with van der Waals surface area (Å²) in [5, 5.41) is 2.51. The van der Waals surface area contributed by atoms with Crippen molar-refractivity contribution in [2.45, 2.75) is 11.4 Å². The van der Waals surface area contributed by atoms with Crippen LogP contribution in [0.2, 0.25) is 0 Å². The topological polar surface area (TPSA) is 89.0 Å². The van der Waals surface area contributed by atoms with E-state index in [4.69, 9.17) is 0 Å². The van der Waals surface area contributed by atoms with Crippen molar-refractivity contribution in [2.24, 2.45) is 0 Å². The molecule has 0 aliphatic carbocycles. The van der Waals surface area contributed by atoms with Gasteiger partial charge in [-0.25, -0.2) is 12.8 Å². The van der Waals surface area contributed by atoms with E-state index in [2.05, 4.69) is 14.1 Å². The maximum Gasteiger partial charge on any atom is 0.235 e. The highest BCUT2D eigenvalue weighted by molar-refractivity contribution is 7.92. The molecule has 1 aromatic heterocycles. The van der Waals surface area contributed by atoms with Crippen molar-refractivity contribution in [3.63, 3.8) is 0 Å². The lowest BCUT2D eigenvalue weighted by Crippen LogP contribution is -2.30. The standard InChI is InChI=1S/C15H12FN3O3S2/c16-11-6-4-10(5-7-11)8-17-14(20)9-24(21,22)13-3-1-2-12-15(13)19-23-18-12/h1-7H,8-9H2,(H,17,20). The van der Waals surface area contributed by atoms with Crippen LogP contribution in [0.25, 0.3) is 11.0 Å². The minimum atomic E-state index is -3.83. The predicted octanol–water partition coefficient (Wildman–Crippen LogP) is 1.92. The molecule has 24 heavy (non-hydrogen) atoms. The zero-order valence-corrected chi connectivity index (χ0v) is 13.9. The second-order valence-electron chi connectivity index (χ2n) is 5.05. The number of nitrogens with zero attached hydrogens (tertiary/aromatic N) is 2. The molecule has 3 rings (SSSR count). The summed E-state index contributed by atoms with van der Waals surface area (Å²) >= 11 is 0.915. The number of amides is 1.